The predicted molar refractivity (Wildman–Crippen MR) is 83.4 cm³/mol. The zero-order valence-electron chi connectivity index (χ0n) is 12.4. The van der Waals surface area contributed by atoms with Gasteiger partial charge >= 0.3 is 5.97 Å². The maximum Gasteiger partial charge on any atom is 0.323 e. The average Bonchev–Trinajstić information content (AvgIpc) is 2.78. The number of carbonyl (C=O) groups excluding carboxylic acids is 1. The van der Waals surface area contributed by atoms with Crippen LogP contribution in [0.2, 0.25) is 0 Å². The lowest BCUT2D eigenvalue weighted by molar-refractivity contribution is -0.160. The maximum atomic E-state index is 12.2. The van der Waals surface area contributed by atoms with Crippen molar-refractivity contribution < 1.29 is 9.53 Å². The number of likely N-dealkylation sites (tertiary alicyclic amines) is 1. The number of halogens is 1. The Morgan fingerprint density at radius 1 is 1.35 bits per heavy atom. The van der Waals surface area contributed by atoms with Crippen LogP contribution in [0.1, 0.15) is 39.2 Å². The summed E-state index contributed by atoms with van der Waals surface area (Å²) < 4.78 is 6.60. The third kappa shape index (κ3) is 4.32. The first-order valence-electron chi connectivity index (χ1n) is 7.06. The molecular weight excluding hydrogens is 318 g/mol. The zero-order chi connectivity index (χ0) is 14.8. The molecule has 0 aromatic heterocycles. The molecule has 1 aliphatic heterocycles. The first-order chi connectivity index (χ1) is 9.35. The molecule has 110 valence electrons. The van der Waals surface area contributed by atoms with Crippen LogP contribution in [0.15, 0.2) is 28.7 Å². The molecule has 20 heavy (non-hydrogen) atoms. The molecule has 2 rings (SSSR count). The normalized spacial score (nSPS) is 20.1. The van der Waals surface area contributed by atoms with Crippen LogP contribution in [-0.4, -0.2) is 29.1 Å². The van der Waals surface area contributed by atoms with Crippen LogP contribution in [0.5, 0.6) is 0 Å². The molecule has 1 aromatic carbocycles. The highest BCUT2D eigenvalue weighted by molar-refractivity contribution is 9.10. The van der Waals surface area contributed by atoms with Gasteiger partial charge in [-0.25, -0.2) is 0 Å². The minimum atomic E-state index is -0.414. The Morgan fingerprint density at radius 2 is 2.00 bits per heavy atom. The lowest BCUT2D eigenvalue weighted by Gasteiger charge is -2.27. The van der Waals surface area contributed by atoms with Gasteiger partial charge < -0.3 is 4.74 Å². The largest absolute Gasteiger partial charge is 0.459 e. The SMILES string of the molecule is CC(C)(C)OC(=O)C1CCCN1Cc1ccc(Br)cc1. The van der Waals surface area contributed by atoms with Crippen LogP contribution < -0.4 is 0 Å². The summed E-state index contributed by atoms with van der Waals surface area (Å²) in [6.07, 6.45) is 1.95. The number of hydrogen-bond donors (Lipinski definition) is 0. The van der Waals surface area contributed by atoms with E-state index in [0.717, 1.165) is 30.4 Å². The molecule has 1 atom stereocenters. The molecule has 1 fully saturated rings. The molecular formula is C16H22BrNO2. The molecule has 0 bridgehead atoms. The van der Waals surface area contributed by atoms with Crippen molar-refractivity contribution in [2.75, 3.05) is 6.54 Å². The number of ether oxygens (including phenoxy) is 1. The van der Waals surface area contributed by atoms with Crippen LogP contribution in [-0.2, 0) is 16.1 Å². The molecule has 0 saturated carbocycles. The molecule has 0 amide bonds. The van der Waals surface area contributed by atoms with Crippen molar-refractivity contribution >= 4 is 21.9 Å². The molecule has 3 nitrogen and oxygen atoms in total. The van der Waals surface area contributed by atoms with Crippen molar-refractivity contribution in [2.45, 2.75) is 51.8 Å². The fourth-order valence-electron chi connectivity index (χ4n) is 2.48. The Bertz CT molecular complexity index is 464. The van der Waals surface area contributed by atoms with Crippen LogP contribution in [0.25, 0.3) is 0 Å². The summed E-state index contributed by atoms with van der Waals surface area (Å²) in [4.78, 5) is 14.5. The quantitative estimate of drug-likeness (QED) is 0.785. The first-order valence-corrected chi connectivity index (χ1v) is 7.86. The van der Waals surface area contributed by atoms with Crippen LogP contribution >= 0.6 is 15.9 Å². The lowest BCUT2D eigenvalue weighted by Crippen LogP contribution is -2.40. The van der Waals surface area contributed by atoms with E-state index in [1.54, 1.807) is 0 Å². The van der Waals surface area contributed by atoms with E-state index in [1.165, 1.54) is 5.56 Å². The summed E-state index contributed by atoms with van der Waals surface area (Å²) in [6, 6.07) is 8.16. The fraction of sp³-hybridized carbons (Fsp3) is 0.562. The summed E-state index contributed by atoms with van der Waals surface area (Å²) in [6.45, 7) is 7.51. The zero-order valence-corrected chi connectivity index (χ0v) is 13.9. The second kappa shape index (κ2) is 6.27. The molecule has 0 spiro atoms. The molecule has 1 saturated heterocycles. The van der Waals surface area contributed by atoms with Gasteiger partial charge in [0.25, 0.3) is 0 Å². The van der Waals surface area contributed by atoms with Gasteiger partial charge in [-0.1, -0.05) is 28.1 Å². The second-order valence-corrected chi connectivity index (χ2v) is 7.20. The molecule has 1 heterocycles. The van der Waals surface area contributed by atoms with Gasteiger partial charge in [0.1, 0.15) is 11.6 Å². The molecule has 1 unspecified atom stereocenters. The van der Waals surface area contributed by atoms with Crippen LogP contribution in [0, 0.1) is 0 Å². The Hall–Kier alpha value is -0.870. The van der Waals surface area contributed by atoms with Gasteiger partial charge in [0.2, 0.25) is 0 Å². The Labute approximate surface area is 129 Å². The topological polar surface area (TPSA) is 29.5 Å². The van der Waals surface area contributed by atoms with E-state index in [9.17, 15) is 4.79 Å². The number of esters is 1. The van der Waals surface area contributed by atoms with E-state index in [2.05, 4.69) is 33.0 Å². The minimum Gasteiger partial charge on any atom is -0.459 e. The van der Waals surface area contributed by atoms with E-state index < -0.39 is 5.60 Å². The van der Waals surface area contributed by atoms with Crippen molar-refractivity contribution in [3.63, 3.8) is 0 Å². The third-order valence-electron chi connectivity index (χ3n) is 3.34. The smallest absolute Gasteiger partial charge is 0.323 e. The highest BCUT2D eigenvalue weighted by Crippen LogP contribution is 2.23. The third-order valence-corrected chi connectivity index (χ3v) is 3.87. The molecule has 1 aliphatic rings. The summed E-state index contributed by atoms with van der Waals surface area (Å²) in [5, 5.41) is 0. The molecule has 4 heteroatoms. The second-order valence-electron chi connectivity index (χ2n) is 6.29. The average molecular weight is 340 g/mol. The van der Waals surface area contributed by atoms with Crippen molar-refractivity contribution in [1.29, 1.82) is 0 Å². The van der Waals surface area contributed by atoms with Crippen molar-refractivity contribution in [3.8, 4) is 0 Å². The number of nitrogens with zero attached hydrogens (tertiary/aromatic N) is 1. The van der Waals surface area contributed by atoms with Crippen molar-refractivity contribution in [1.82, 2.24) is 4.90 Å². The van der Waals surface area contributed by atoms with E-state index in [-0.39, 0.29) is 12.0 Å². The number of carbonyl (C=O) groups is 1. The van der Waals surface area contributed by atoms with E-state index >= 15 is 0 Å². The van der Waals surface area contributed by atoms with Gasteiger partial charge in [-0.2, -0.15) is 0 Å². The van der Waals surface area contributed by atoms with Gasteiger partial charge in [-0.3, -0.25) is 9.69 Å². The lowest BCUT2D eigenvalue weighted by atomic mass is 10.1. The highest BCUT2D eigenvalue weighted by atomic mass is 79.9. The molecule has 1 aromatic rings. The van der Waals surface area contributed by atoms with Gasteiger partial charge in [0.05, 0.1) is 0 Å². The fourth-order valence-corrected chi connectivity index (χ4v) is 2.74. The summed E-state index contributed by atoms with van der Waals surface area (Å²) in [7, 11) is 0. The van der Waals surface area contributed by atoms with Crippen LogP contribution in [0.3, 0.4) is 0 Å². The standard InChI is InChI=1S/C16H22BrNO2/c1-16(2,3)20-15(19)14-5-4-10-18(14)11-12-6-8-13(17)9-7-12/h6-9,14H,4-5,10-11H2,1-3H3. The van der Waals surface area contributed by atoms with Gasteiger partial charge in [0, 0.05) is 11.0 Å². The number of rotatable bonds is 3. The van der Waals surface area contributed by atoms with Gasteiger partial charge in [0.15, 0.2) is 0 Å². The summed E-state index contributed by atoms with van der Waals surface area (Å²) in [5.41, 5.74) is 0.812. The van der Waals surface area contributed by atoms with E-state index in [4.69, 9.17) is 4.74 Å². The molecule has 0 aliphatic carbocycles. The number of benzene rings is 1. The first kappa shape index (κ1) is 15.5. The highest BCUT2D eigenvalue weighted by Gasteiger charge is 2.33. The van der Waals surface area contributed by atoms with Gasteiger partial charge in [-0.15, -0.1) is 0 Å². The Balaban J connectivity index is 2.00. The van der Waals surface area contributed by atoms with E-state index in [0.29, 0.717) is 0 Å². The van der Waals surface area contributed by atoms with Crippen molar-refractivity contribution in [2.24, 2.45) is 0 Å². The predicted octanol–water partition coefficient (Wildman–Crippen LogP) is 3.76. The summed E-state index contributed by atoms with van der Waals surface area (Å²) in [5.74, 6) is -0.0906. The minimum absolute atomic E-state index is 0.0906. The maximum absolute atomic E-state index is 12.2. The summed E-state index contributed by atoms with van der Waals surface area (Å²) >= 11 is 3.44. The Kier molecular flexibility index (Phi) is 4.86. The molecule has 0 radical (unpaired) electrons. The monoisotopic (exact) mass is 339 g/mol. The van der Waals surface area contributed by atoms with Gasteiger partial charge in [-0.05, 0) is 57.9 Å². The number of hydrogen-bond acceptors (Lipinski definition) is 3. The van der Waals surface area contributed by atoms with Crippen molar-refractivity contribution in [3.05, 3.63) is 34.3 Å². The van der Waals surface area contributed by atoms with Crippen LogP contribution in [0.4, 0.5) is 0 Å². The Morgan fingerprint density at radius 3 is 2.60 bits per heavy atom. The van der Waals surface area contributed by atoms with E-state index in [1.807, 2.05) is 32.9 Å². The molecule has 0 N–H and O–H groups in total.